The number of esters is 3. The number of carbonyl (C=O) groups excluding carboxylic acids is 3. The van der Waals surface area contributed by atoms with Gasteiger partial charge in [0, 0.05) is 19.3 Å². The molecule has 0 aromatic carbocycles. The van der Waals surface area contributed by atoms with E-state index in [1.54, 1.807) is 0 Å². The average Bonchev–Trinajstić information content (AvgIpc) is 3.37. The molecule has 0 fully saturated rings. The van der Waals surface area contributed by atoms with Gasteiger partial charge in [-0.15, -0.1) is 0 Å². The molecule has 71 heavy (non-hydrogen) atoms. The highest BCUT2D eigenvalue weighted by Crippen LogP contribution is 2.14. The van der Waals surface area contributed by atoms with E-state index in [1.807, 2.05) is 60.8 Å². The molecule has 1 unspecified atom stereocenters. The summed E-state index contributed by atoms with van der Waals surface area (Å²) < 4.78 is 16.8. The minimum Gasteiger partial charge on any atom is -0.462 e. The predicted molar refractivity (Wildman–Crippen MR) is 306 cm³/mol. The van der Waals surface area contributed by atoms with Gasteiger partial charge in [0.1, 0.15) is 13.2 Å². The summed E-state index contributed by atoms with van der Waals surface area (Å²) in [6, 6.07) is 0. The molecule has 0 saturated heterocycles. The van der Waals surface area contributed by atoms with Crippen molar-refractivity contribution in [3.63, 3.8) is 0 Å². The van der Waals surface area contributed by atoms with E-state index in [2.05, 4.69) is 93.7 Å². The highest BCUT2D eigenvalue weighted by molar-refractivity contribution is 5.71. The summed E-state index contributed by atoms with van der Waals surface area (Å²) in [7, 11) is 0. The van der Waals surface area contributed by atoms with E-state index in [9.17, 15) is 14.4 Å². The molecule has 400 valence electrons. The maximum Gasteiger partial charge on any atom is 0.306 e. The lowest BCUT2D eigenvalue weighted by atomic mass is 10.1. The van der Waals surface area contributed by atoms with Crippen molar-refractivity contribution in [2.45, 2.75) is 245 Å². The zero-order valence-electron chi connectivity index (χ0n) is 45.7. The minimum absolute atomic E-state index is 0.120. The van der Waals surface area contributed by atoms with E-state index in [4.69, 9.17) is 14.2 Å². The summed E-state index contributed by atoms with van der Waals surface area (Å²) >= 11 is 0. The van der Waals surface area contributed by atoms with Gasteiger partial charge in [-0.2, -0.15) is 0 Å². The summed E-state index contributed by atoms with van der Waals surface area (Å²) in [5.41, 5.74) is 0. The normalized spacial score (nSPS) is 13.1. The van der Waals surface area contributed by atoms with Crippen LogP contribution < -0.4 is 0 Å². The number of carbonyl (C=O) groups is 3. The highest BCUT2D eigenvalue weighted by Gasteiger charge is 2.19. The van der Waals surface area contributed by atoms with Crippen molar-refractivity contribution in [3.05, 3.63) is 134 Å². The predicted octanol–water partition coefficient (Wildman–Crippen LogP) is 19.4. The van der Waals surface area contributed by atoms with Gasteiger partial charge in [0.15, 0.2) is 6.10 Å². The number of rotatable bonds is 50. The molecule has 0 aliphatic heterocycles. The molecule has 0 spiro atoms. The summed E-state index contributed by atoms with van der Waals surface area (Å²) in [6.07, 6.45) is 81.6. The molecular formula is C65H104O6. The first-order valence-electron chi connectivity index (χ1n) is 28.8. The van der Waals surface area contributed by atoms with E-state index in [0.717, 1.165) is 70.6 Å². The third kappa shape index (κ3) is 56.3. The van der Waals surface area contributed by atoms with Crippen molar-refractivity contribution in [1.29, 1.82) is 0 Å². The monoisotopic (exact) mass is 981 g/mol. The van der Waals surface area contributed by atoms with Crippen molar-refractivity contribution in [2.24, 2.45) is 0 Å². The highest BCUT2D eigenvalue weighted by atomic mass is 16.6. The Kier molecular flexibility index (Phi) is 54.5. The molecule has 6 heteroatoms. The molecule has 0 N–H and O–H groups in total. The van der Waals surface area contributed by atoms with E-state index in [-0.39, 0.29) is 44.0 Å². The molecule has 0 heterocycles. The van der Waals surface area contributed by atoms with Crippen molar-refractivity contribution in [3.8, 4) is 0 Å². The SMILES string of the molecule is CC\C=C/C=C\C=C/C=C\C=C\C=C/CCCCCC(=O)OC(COC(=O)CCC/C=C\C/C=C\C/C=C\C/C=C\CCCCC)COC(=O)CCCCCCCCC/C=C\CCCCCCCCCC. The number of hydrogen-bond acceptors (Lipinski definition) is 6. The fourth-order valence-electron chi connectivity index (χ4n) is 7.46. The molecule has 0 aromatic rings. The second-order valence-electron chi connectivity index (χ2n) is 18.6. The Hall–Kier alpha value is -4.45. The van der Waals surface area contributed by atoms with Crippen LogP contribution >= 0.6 is 0 Å². The Morgan fingerprint density at radius 1 is 0.310 bits per heavy atom. The van der Waals surface area contributed by atoms with Crippen LogP contribution in [-0.4, -0.2) is 37.2 Å². The van der Waals surface area contributed by atoms with Crippen LogP contribution in [-0.2, 0) is 28.6 Å². The zero-order chi connectivity index (χ0) is 51.4. The van der Waals surface area contributed by atoms with Crippen LogP contribution in [0.4, 0.5) is 0 Å². The number of hydrogen-bond donors (Lipinski definition) is 0. The molecule has 0 saturated carbocycles. The molecular weight excluding hydrogens is 877 g/mol. The molecule has 6 nitrogen and oxygen atoms in total. The molecule has 0 aliphatic rings. The van der Waals surface area contributed by atoms with E-state index < -0.39 is 6.10 Å². The summed E-state index contributed by atoms with van der Waals surface area (Å²) in [6.45, 7) is 6.37. The largest absolute Gasteiger partial charge is 0.462 e. The fourth-order valence-corrected chi connectivity index (χ4v) is 7.46. The Bertz CT molecular complexity index is 1550. The lowest BCUT2D eigenvalue weighted by Crippen LogP contribution is -2.30. The molecule has 0 aromatic heterocycles. The van der Waals surface area contributed by atoms with Crippen molar-refractivity contribution >= 4 is 17.9 Å². The molecule has 0 amide bonds. The lowest BCUT2D eigenvalue weighted by molar-refractivity contribution is -0.167. The number of unbranched alkanes of at least 4 members (excludes halogenated alkanes) is 22. The van der Waals surface area contributed by atoms with Crippen LogP contribution in [0.15, 0.2) is 134 Å². The van der Waals surface area contributed by atoms with Crippen molar-refractivity contribution < 1.29 is 28.6 Å². The van der Waals surface area contributed by atoms with Crippen LogP contribution in [0, 0.1) is 0 Å². The van der Waals surface area contributed by atoms with Gasteiger partial charge in [0.25, 0.3) is 0 Å². The van der Waals surface area contributed by atoms with Gasteiger partial charge in [-0.1, -0.05) is 251 Å². The Morgan fingerprint density at radius 2 is 0.620 bits per heavy atom. The Balaban J connectivity index is 4.57. The summed E-state index contributed by atoms with van der Waals surface area (Å²) in [5, 5.41) is 0. The maximum absolute atomic E-state index is 12.8. The second-order valence-corrected chi connectivity index (χ2v) is 18.6. The Morgan fingerprint density at radius 3 is 1.10 bits per heavy atom. The quantitative estimate of drug-likeness (QED) is 0.0199. The summed E-state index contributed by atoms with van der Waals surface area (Å²) in [4.78, 5) is 38.2. The molecule has 0 rings (SSSR count). The minimum atomic E-state index is -0.831. The second kappa shape index (κ2) is 58.1. The molecule has 0 radical (unpaired) electrons. The van der Waals surface area contributed by atoms with Crippen LogP contribution in [0.5, 0.6) is 0 Å². The van der Waals surface area contributed by atoms with E-state index >= 15 is 0 Å². The van der Waals surface area contributed by atoms with Crippen LogP contribution in [0.25, 0.3) is 0 Å². The lowest BCUT2D eigenvalue weighted by Gasteiger charge is -2.18. The molecule has 0 aliphatic carbocycles. The first kappa shape index (κ1) is 66.6. The standard InChI is InChI=1S/C65H104O6/c1-4-7-10-13-16-19-22-25-28-31-32-35-37-40-43-46-49-52-55-58-64(67)70-61-62(71-65(68)59-56-53-50-47-44-41-38-34-30-27-24-21-18-15-12-9-6-3)60-69-63(66)57-54-51-48-45-42-39-36-33-29-26-23-20-17-14-11-8-5-2/h9,12,15,17-18,20-21,24,26-27,29-32,34,36,38-39,41,44-45,48,62H,4-8,10-11,13-14,16,19,22-23,25,28,33,35,37,40,42-43,46-47,49-61H2,1-3H3/b12-9-,18-15-,20-17-,24-21-,29-26-,30-27-,32-31-,38-34+,39-36-,44-41-,48-45-. The van der Waals surface area contributed by atoms with E-state index in [0.29, 0.717) is 19.3 Å². The van der Waals surface area contributed by atoms with Gasteiger partial charge in [-0.05, 0) is 103 Å². The fraction of sp³-hybridized carbons (Fsp3) is 0.615. The maximum atomic E-state index is 12.8. The zero-order valence-corrected chi connectivity index (χ0v) is 45.7. The van der Waals surface area contributed by atoms with Gasteiger partial charge in [-0.3, -0.25) is 14.4 Å². The average molecular weight is 982 g/mol. The van der Waals surface area contributed by atoms with Gasteiger partial charge < -0.3 is 14.2 Å². The van der Waals surface area contributed by atoms with Gasteiger partial charge >= 0.3 is 17.9 Å². The molecule has 0 bridgehead atoms. The van der Waals surface area contributed by atoms with Crippen LogP contribution in [0.1, 0.15) is 239 Å². The smallest absolute Gasteiger partial charge is 0.306 e. The van der Waals surface area contributed by atoms with Crippen molar-refractivity contribution in [2.75, 3.05) is 13.2 Å². The molecule has 1 atom stereocenters. The topological polar surface area (TPSA) is 78.9 Å². The first-order chi connectivity index (χ1) is 35.0. The van der Waals surface area contributed by atoms with Crippen LogP contribution in [0.3, 0.4) is 0 Å². The van der Waals surface area contributed by atoms with E-state index in [1.165, 1.54) is 116 Å². The third-order valence-electron chi connectivity index (χ3n) is 11.8. The third-order valence-corrected chi connectivity index (χ3v) is 11.8. The number of allylic oxidation sites excluding steroid dienone is 22. The van der Waals surface area contributed by atoms with Crippen LogP contribution in [0.2, 0.25) is 0 Å². The van der Waals surface area contributed by atoms with Gasteiger partial charge in [0.2, 0.25) is 0 Å². The van der Waals surface area contributed by atoms with Gasteiger partial charge in [0.05, 0.1) is 0 Å². The van der Waals surface area contributed by atoms with Crippen molar-refractivity contribution in [1.82, 2.24) is 0 Å². The van der Waals surface area contributed by atoms with Gasteiger partial charge in [-0.25, -0.2) is 0 Å². The number of ether oxygens (including phenoxy) is 3. The summed E-state index contributed by atoms with van der Waals surface area (Å²) in [5.74, 6) is -1.03. The Labute approximate surface area is 436 Å². The first-order valence-corrected chi connectivity index (χ1v) is 28.8.